The molecule has 1 atom stereocenters. The predicted octanol–water partition coefficient (Wildman–Crippen LogP) is 1.89. The Hall–Kier alpha value is -1.35. The Morgan fingerprint density at radius 2 is 1.94 bits per heavy atom. The van der Waals surface area contributed by atoms with Crippen LogP contribution in [0.25, 0.3) is 0 Å². The summed E-state index contributed by atoms with van der Waals surface area (Å²) in [7, 11) is 0. The van der Waals surface area contributed by atoms with Crippen molar-refractivity contribution in [2.45, 2.75) is 26.2 Å². The molecule has 1 rings (SSSR count). The molecular weight excluding hydrogens is 212 g/mol. The van der Waals surface area contributed by atoms with Crippen LogP contribution in [0.15, 0.2) is 30.3 Å². The van der Waals surface area contributed by atoms with Gasteiger partial charge in [0, 0.05) is 13.1 Å². The van der Waals surface area contributed by atoms with Crippen molar-refractivity contribution >= 4 is 5.91 Å². The van der Waals surface area contributed by atoms with Crippen LogP contribution in [0.5, 0.6) is 0 Å². The molecule has 3 N–H and O–H groups in total. The van der Waals surface area contributed by atoms with Gasteiger partial charge in [0.2, 0.25) is 5.91 Å². The van der Waals surface area contributed by atoms with E-state index >= 15 is 0 Å². The number of carbonyl (C=O) groups excluding carboxylic acids is 1. The van der Waals surface area contributed by atoms with Gasteiger partial charge in [-0.3, -0.25) is 4.79 Å². The Morgan fingerprint density at radius 3 is 2.47 bits per heavy atom. The molecule has 17 heavy (non-hydrogen) atoms. The molecule has 0 radical (unpaired) electrons. The summed E-state index contributed by atoms with van der Waals surface area (Å²) in [5.74, 6) is 0.502. The average molecular weight is 234 g/mol. The van der Waals surface area contributed by atoms with Crippen LogP contribution in [0, 0.1) is 5.92 Å². The van der Waals surface area contributed by atoms with Crippen molar-refractivity contribution in [3.05, 3.63) is 35.9 Å². The minimum Gasteiger partial charge on any atom is -0.354 e. The lowest BCUT2D eigenvalue weighted by Gasteiger charge is -2.19. The molecule has 0 aliphatic heterocycles. The maximum Gasteiger partial charge on any atom is 0.227 e. The first-order valence-corrected chi connectivity index (χ1v) is 6.18. The zero-order valence-corrected chi connectivity index (χ0v) is 10.6. The largest absolute Gasteiger partial charge is 0.354 e. The van der Waals surface area contributed by atoms with E-state index in [1.807, 2.05) is 30.3 Å². The van der Waals surface area contributed by atoms with Crippen LogP contribution >= 0.6 is 0 Å². The standard InChI is InChI=1S/C14H22N2O/c1-11(2)10-13(14(17)16-9-8-15)12-6-4-3-5-7-12/h3-7,11,13H,8-10,15H2,1-2H3,(H,16,17). The third-order valence-electron chi connectivity index (χ3n) is 2.67. The number of benzene rings is 1. The van der Waals surface area contributed by atoms with Crippen LogP contribution in [-0.4, -0.2) is 19.0 Å². The molecule has 0 spiro atoms. The fourth-order valence-corrected chi connectivity index (χ4v) is 1.87. The second-order valence-corrected chi connectivity index (χ2v) is 4.67. The van der Waals surface area contributed by atoms with Crippen molar-refractivity contribution in [3.8, 4) is 0 Å². The van der Waals surface area contributed by atoms with Gasteiger partial charge in [-0.2, -0.15) is 0 Å². The lowest BCUT2D eigenvalue weighted by Crippen LogP contribution is -2.33. The van der Waals surface area contributed by atoms with E-state index in [0.29, 0.717) is 19.0 Å². The highest BCUT2D eigenvalue weighted by Crippen LogP contribution is 2.23. The van der Waals surface area contributed by atoms with Gasteiger partial charge >= 0.3 is 0 Å². The fraction of sp³-hybridized carbons (Fsp3) is 0.500. The Labute approximate surface area is 103 Å². The van der Waals surface area contributed by atoms with Gasteiger partial charge in [0.25, 0.3) is 0 Å². The molecule has 0 aromatic heterocycles. The molecule has 0 aliphatic rings. The van der Waals surface area contributed by atoms with Gasteiger partial charge in [-0.1, -0.05) is 44.2 Å². The van der Waals surface area contributed by atoms with Crippen molar-refractivity contribution in [3.63, 3.8) is 0 Å². The summed E-state index contributed by atoms with van der Waals surface area (Å²) >= 11 is 0. The molecule has 1 unspecified atom stereocenters. The summed E-state index contributed by atoms with van der Waals surface area (Å²) in [5.41, 5.74) is 6.48. The van der Waals surface area contributed by atoms with E-state index in [1.54, 1.807) is 0 Å². The van der Waals surface area contributed by atoms with E-state index in [9.17, 15) is 4.79 Å². The molecule has 0 saturated carbocycles. The fourth-order valence-electron chi connectivity index (χ4n) is 1.87. The third kappa shape index (κ3) is 4.57. The molecule has 3 nitrogen and oxygen atoms in total. The highest BCUT2D eigenvalue weighted by Gasteiger charge is 2.20. The number of hydrogen-bond acceptors (Lipinski definition) is 2. The van der Waals surface area contributed by atoms with Gasteiger partial charge in [0.15, 0.2) is 0 Å². The molecule has 0 saturated heterocycles. The SMILES string of the molecule is CC(C)CC(C(=O)NCCN)c1ccccc1. The number of hydrogen-bond donors (Lipinski definition) is 2. The van der Waals surface area contributed by atoms with Crippen molar-refractivity contribution < 1.29 is 4.79 Å². The molecule has 1 aromatic rings. The van der Waals surface area contributed by atoms with E-state index in [2.05, 4.69) is 19.2 Å². The van der Waals surface area contributed by atoms with Crippen molar-refractivity contribution in [1.82, 2.24) is 5.32 Å². The van der Waals surface area contributed by atoms with E-state index in [0.717, 1.165) is 12.0 Å². The van der Waals surface area contributed by atoms with Crippen molar-refractivity contribution in [2.24, 2.45) is 11.7 Å². The topological polar surface area (TPSA) is 55.1 Å². The quantitative estimate of drug-likeness (QED) is 0.789. The first kappa shape index (κ1) is 13.7. The van der Waals surface area contributed by atoms with Crippen LogP contribution in [-0.2, 0) is 4.79 Å². The first-order valence-electron chi connectivity index (χ1n) is 6.18. The number of carbonyl (C=O) groups is 1. The predicted molar refractivity (Wildman–Crippen MR) is 70.7 cm³/mol. The van der Waals surface area contributed by atoms with Crippen LogP contribution in [0.2, 0.25) is 0 Å². The summed E-state index contributed by atoms with van der Waals surface area (Å²) < 4.78 is 0. The normalized spacial score (nSPS) is 12.5. The summed E-state index contributed by atoms with van der Waals surface area (Å²) in [5, 5.41) is 2.87. The van der Waals surface area contributed by atoms with E-state index in [-0.39, 0.29) is 11.8 Å². The van der Waals surface area contributed by atoms with E-state index in [4.69, 9.17) is 5.73 Å². The minimum atomic E-state index is -0.0669. The van der Waals surface area contributed by atoms with Crippen LogP contribution in [0.3, 0.4) is 0 Å². The Balaban J connectivity index is 2.77. The van der Waals surface area contributed by atoms with Gasteiger partial charge in [0.1, 0.15) is 0 Å². The summed E-state index contributed by atoms with van der Waals surface area (Å²) in [6.45, 7) is 5.29. The Kier molecular flexibility index (Phi) is 5.70. The number of rotatable bonds is 6. The molecular formula is C14H22N2O. The van der Waals surface area contributed by atoms with Crippen LogP contribution < -0.4 is 11.1 Å². The first-order chi connectivity index (χ1) is 8.15. The number of nitrogens with one attached hydrogen (secondary N) is 1. The minimum absolute atomic E-state index is 0.0669. The highest BCUT2D eigenvalue weighted by molar-refractivity contribution is 5.83. The third-order valence-corrected chi connectivity index (χ3v) is 2.67. The lowest BCUT2D eigenvalue weighted by atomic mass is 9.89. The molecule has 0 fully saturated rings. The molecule has 94 valence electrons. The lowest BCUT2D eigenvalue weighted by molar-refractivity contribution is -0.122. The van der Waals surface area contributed by atoms with Gasteiger partial charge in [-0.25, -0.2) is 0 Å². The molecule has 1 amide bonds. The maximum absolute atomic E-state index is 12.1. The molecule has 0 bridgehead atoms. The van der Waals surface area contributed by atoms with E-state index < -0.39 is 0 Å². The Bertz CT molecular complexity index is 335. The van der Waals surface area contributed by atoms with Crippen molar-refractivity contribution in [1.29, 1.82) is 0 Å². The summed E-state index contributed by atoms with van der Waals surface area (Å²) in [4.78, 5) is 12.1. The van der Waals surface area contributed by atoms with Gasteiger partial charge in [-0.05, 0) is 17.9 Å². The van der Waals surface area contributed by atoms with Gasteiger partial charge < -0.3 is 11.1 Å². The second-order valence-electron chi connectivity index (χ2n) is 4.67. The van der Waals surface area contributed by atoms with Gasteiger partial charge in [-0.15, -0.1) is 0 Å². The van der Waals surface area contributed by atoms with Gasteiger partial charge in [0.05, 0.1) is 5.92 Å². The van der Waals surface area contributed by atoms with Crippen LogP contribution in [0.4, 0.5) is 0 Å². The monoisotopic (exact) mass is 234 g/mol. The zero-order chi connectivity index (χ0) is 12.7. The zero-order valence-electron chi connectivity index (χ0n) is 10.6. The highest BCUT2D eigenvalue weighted by atomic mass is 16.1. The van der Waals surface area contributed by atoms with Crippen molar-refractivity contribution in [2.75, 3.05) is 13.1 Å². The Morgan fingerprint density at radius 1 is 1.29 bits per heavy atom. The molecule has 0 aliphatic carbocycles. The number of amides is 1. The number of nitrogens with two attached hydrogens (primary N) is 1. The maximum atomic E-state index is 12.1. The average Bonchev–Trinajstić information content (AvgIpc) is 2.34. The molecule has 1 aromatic carbocycles. The summed E-state index contributed by atoms with van der Waals surface area (Å²) in [6, 6.07) is 9.93. The second kappa shape index (κ2) is 7.07. The molecule has 0 heterocycles. The summed E-state index contributed by atoms with van der Waals surface area (Å²) in [6.07, 6.45) is 0.862. The van der Waals surface area contributed by atoms with E-state index in [1.165, 1.54) is 0 Å². The molecule has 3 heteroatoms. The smallest absolute Gasteiger partial charge is 0.227 e. The van der Waals surface area contributed by atoms with Crippen LogP contribution in [0.1, 0.15) is 31.7 Å².